The number of nitrogens with zero attached hydrogens (tertiary/aromatic N) is 2. The predicted molar refractivity (Wildman–Crippen MR) is 82.3 cm³/mol. The molecular weight excluding hydrogens is 321 g/mol. The van der Waals surface area contributed by atoms with Crippen molar-refractivity contribution >= 4 is 0 Å². The van der Waals surface area contributed by atoms with Crippen LogP contribution in [-0.4, -0.2) is 18.1 Å². The molecular formula is C17H15F3N2O2. The summed E-state index contributed by atoms with van der Waals surface area (Å²) in [7, 11) is 0. The molecule has 24 heavy (non-hydrogen) atoms. The van der Waals surface area contributed by atoms with Crippen molar-refractivity contribution in [1.29, 1.82) is 0 Å². The van der Waals surface area contributed by atoms with Gasteiger partial charge < -0.3 is 4.74 Å². The molecule has 0 spiro atoms. The van der Waals surface area contributed by atoms with E-state index in [-0.39, 0.29) is 6.54 Å². The number of hydrogen-bond acceptors (Lipinski definition) is 3. The van der Waals surface area contributed by atoms with Gasteiger partial charge in [-0.15, -0.1) is 4.91 Å². The zero-order valence-corrected chi connectivity index (χ0v) is 12.7. The molecule has 1 aliphatic heterocycles. The third-order valence-electron chi connectivity index (χ3n) is 3.99. The van der Waals surface area contributed by atoms with Crippen LogP contribution in [0.2, 0.25) is 0 Å². The van der Waals surface area contributed by atoms with Gasteiger partial charge >= 0.3 is 6.18 Å². The minimum Gasteiger partial charge on any atom is -0.484 e. The van der Waals surface area contributed by atoms with Crippen molar-refractivity contribution < 1.29 is 17.9 Å². The molecule has 0 saturated carbocycles. The maximum atomic E-state index is 12.6. The maximum Gasteiger partial charge on any atom is 0.416 e. The van der Waals surface area contributed by atoms with Gasteiger partial charge in [0.15, 0.2) is 0 Å². The SMILES string of the molecule is O=NN1CCc2ccccc2C(Oc2ccc(C(F)(F)F)cc2)C1. The van der Waals surface area contributed by atoms with Gasteiger partial charge in [0.2, 0.25) is 0 Å². The summed E-state index contributed by atoms with van der Waals surface area (Å²) in [6, 6.07) is 12.2. The van der Waals surface area contributed by atoms with Gasteiger partial charge in [-0.1, -0.05) is 24.3 Å². The Morgan fingerprint density at radius 1 is 1.08 bits per heavy atom. The first-order valence-corrected chi connectivity index (χ1v) is 7.47. The number of hydrogen-bond donors (Lipinski definition) is 0. The fraction of sp³-hybridized carbons (Fsp3) is 0.294. The standard InChI is InChI=1S/C17H15F3N2O2/c18-17(19,20)13-5-7-14(8-6-13)24-16-11-22(21-23)10-9-12-3-1-2-4-15(12)16/h1-8,16H,9-11H2. The molecule has 0 N–H and O–H groups in total. The molecule has 1 aliphatic rings. The smallest absolute Gasteiger partial charge is 0.416 e. The zero-order valence-electron chi connectivity index (χ0n) is 12.7. The molecule has 3 rings (SSSR count). The van der Waals surface area contributed by atoms with Crippen LogP contribution in [0.5, 0.6) is 5.75 Å². The average molecular weight is 336 g/mol. The highest BCUT2D eigenvalue weighted by Gasteiger charge is 2.30. The summed E-state index contributed by atoms with van der Waals surface area (Å²) in [5.41, 5.74) is 1.23. The minimum atomic E-state index is -4.38. The van der Waals surface area contributed by atoms with Crippen molar-refractivity contribution in [2.75, 3.05) is 13.1 Å². The number of nitroso groups, excluding NO2 is 1. The first kappa shape index (κ1) is 16.3. The normalized spacial score (nSPS) is 17.8. The molecule has 0 fully saturated rings. The van der Waals surface area contributed by atoms with Gasteiger partial charge in [0.1, 0.15) is 11.9 Å². The molecule has 0 saturated heterocycles. The monoisotopic (exact) mass is 336 g/mol. The number of halogens is 3. The lowest BCUT2D eigenvalue weighted by Crippen LogP contribution is -2.25. The Morgan fingerprint density at radius 2 is 1.79 bits per heavy atom. The molecule has 1 atom stereocenters. The summed E-state index contributed by atoms with van der Waals surface area (Å²) in [6.45, 7) is 0.731. The molecule has 7 heteroatoms. The summed E-state index contributed by atoms with van der Waals surface area (Å²) in [5, 5.41) is 4.35. The third kappa shape index (κ3) is 3.50. The molecule has 1 unspecified atom stereocenters. The van der Waals surface area contributed by atoms with Crippen LogP contribution in [0.1, 0.15) is 22.8 Å². The Morgan fingerprint density at radius 3 is 2.46 bits per heavy atom. The Kier molecular flexibility index (Phi) is 4.42. The molecule has 2 aromatic carbocycles. The summed E-state index contributed by atoms with van der Waals surface area (Å²) in [5.74, 6) is 0.315. The van der Waals surface area contributed by atoms with E-state index in [1.807, 2.05) is 24.3 Å². The van der Waals surface area contributed by atoms with E-state index in [1.54, 1.807) is 0 Å². The van der Waals surface area contributed by atoms with Crippen LogP contribution >= 0.6 is 0 Å². The van der Waals surface area contributed by atoms with Crippen LogP contribution in [-0.2, 0) is 12.6 Å². The van der Waals surface area contributed by atoms with Gasteiger partial charge in [-0.2, -0.15) is 13.2 Å². The van der Waals surface area contributed by atoms with Crippen LogP contribution in [0.4, 0.5) is 13.2 Å². The van der Waals surface area contributed by atoms with E-state index < -0.39 is 17.8 Å². The molecule has 4 nitrogen and oxygen atoms in total. The lowest BCUT2D eigenvalue weighted by atomic mass is 10.0. The van der Waals surface area contributed by atoms with Gasteiger partial charge in [-0.25, -0.2) is 0 Å². The van der Waals surface area contributed by atoms with Gasteiger partial charge in [0.05, 0.1) is 17.4 Å². The molecule has 0 bridgehead atoms. The molecule has 0 radical (unpaired) electrons. The van der Waals surface area contributed by atoms with Crippen LogP contribution in [0.25, 0.3) is 0 Å². The molecule has 0 amide bonds. The molecule has 1 heterocycles. The van der Waals surface area contributed by atoms with E-state index >= 15 is 0 Å². The number of alkyl halides is 3. The topological polar surface area (TPSA) is 41.9 Å². The summed E-state index contributed by atoms with van der Waals surface area (Å²) >= 11 is 0. The first-order chi connectivity index (χ1) is 11.5. The minimum absolute atomic E-state index is 0.252. The maximum absolute atomic E-state index is 12.6. The van der Waals surface area contributed by atoms with E-state index in [4.69, 9.17) is 4.74 Å². The van der Waals surface area contributed by atoms with Crippen molar-refractivity contribution in [3.63, 3.8) is 0 Å². The lowest BCUT2D eigenvalue weighted by molar-refractivity contribution is -0.137. The largest absolute Gasteiger partial charge is 0.484 e. The quantitative estimate of drug-likeness (QED) is 0.782. The Hall–Kier alpha value is -2.57. The highest BCUT2D eigenvalue weighted by atomic mass is 19.4. The zero-order chi connectivity index (χ0) is 17.2. The fourth-order valence-electron chi connectivity index (χ4n) is 2.77. The highest BCUT2D eigenvalue weighted by Crippen LogP contribution is 2.32. The van der Waals surface area contributed by atoms with Crippen molar-refractivity contribution in [2.24, 2.45) is 5.29 Å². The summed E-state index contributed by atoms with van der Waals surface area (Å²) in [6.07, 6.45) is -4.20. The highest BCUT2D eigenvalue weighted by molar-refractivity contribution is 5.34. The average Bonchev–Trinajstić information content (AvgIpc) is 2.74. The van der Waals surface area contributed by atoms with Crippen molar-refractivity contribution in [2.45, 2.75) is 18.7 Å². The van der Waals surface area contributed by atoms with Crippen LogP contribution in [0, 0.1) is 4.91 Å². The van der Waals surface area contributed by atoms with E-state index in [2.05, 4.69) is 5.29 Å². The van der Waals surface area contributed by atoms with Crippen LogP contribution in [0.15, 0.2) is 53.8 Å². The second-order valence-electron chi connectivity index (χ2n) is 5.57. The van der Waals surface area contributed by atoms with Gasteiger partial charge in [0, 0.05) is 6.54 Å². The second-order valence-corrected chi connectivity index (χ2v) is 5.57. The van der Waals surface area contributed by atoms with E-state index in [1.165, 1.54) is 17.1 Å². The van der Waals surface area contributed by atoms with Gasteiger partial charge in [-0.3, -0.25) is 5.01 Å². The van der Waals surface area contributed by atoms with E-state index in [9.17, 15) is 18.1 Å². The van der Waals surface area contributed by atoms with Crippen molar-refractivity contribution in [3.8, 4) is 5.75 Å². The molecule has 2 aromatic rings. The summed E-state index contributed by atoms with van der Waals surface area (Å²) < 4.78 is 43.7. The Balaban J connectivity index is 1.85. The van der Waals surface area contributed by atoms with Crippen LogP contribution < -0.4 is 4.74 Å². The molecule has 0 aromatic heterocycles. The van der Waals surface area contributed by atoms with E-state index in [0.29, 0.717) is 18.7 Å². The van der Waals surface area contributed by atoms with Crippen molar-refractivity contribution in [1.82, 2.24) is 5.01 Å². The Labute approximate surface area is 136 Å². The lowest BCUT2D eigenvalue weighted by Gasteiger charge is -2.22. The van der Waals surface area contributed by atoms with Crippen LogP contribution in [0.3, 0.4) is 0 Å². The second kappa shape index (κ2) is 6.51. The number of ether oxygens (including phenoxy) is 1. The number of fused-ring (bicyclic) bond motifs is 1. The van der Waals surface area contributed by atoms with Crippen molar-refractivity contribution in [3.05, 3.63) is 70.1 Å². The number of rotatable bonds is 3. The predicted octanol–water partition coefficient (Wildman–Crippen LogP) is 4.37. The van der Waals surface area contributed by atoms with Gasteiger partial charge in [-0.05, 0) is 41.8 Å². The first-order valence-electron chi connectivity index (χ1n) is 7.47. The van der Waals surface area contributed by atoms with Gasteiger partial charge in [0.25, 0.3) is 0 Å². The summed E-state index contributed by atoms with van der Waals surface area (Å²) in [4.78, 5) is 10.9. The molecule has 126 valence electrons. The Bertz CT molecular complexity index is 717. The fourth-order valence-corrected chi connectivity index (χ4v) is 2.77. The number of benzene rings is 2. The third-order valence-corrected chi connectivity index (χ3v) is 3.99. The van der Waals surface area contributed by atoms with E-state index in [0.717, 1.165) is 23.3 Å². The molecule has 0 aliphatic carbocycles.